The summed E-state index contributed by atoms with van der Waals surface area (Å²) in [6.07, 6.45) is 0. The van der Waals surface area contributed by atoms with Crippen molar-refractivity contribution in [3.63, 3.8) is 0 Å². The van der Waals surface area contributed by atoms with E-state index < -0.39 is 0 Å². The van der Waals surface area contributed by atoms with Gasteiger partial charge < -0.3 is 9.72 Å². The second-order valence-electron chi connectivity index (χ2n) is 6.49. The molecule has 3 aromatic carbocycles. The molecule has 4 heteroatoms. The van der Waals surface area contributed by atoms with E-state index in [1.807, 2.05) is 50.2 Å². The van der Waals surface area contributed by atoms with Crippen LogP contribution in [-0.2, 0) is 0 Å². The van der Waals surface area contributed by atoms with Crippen molar-refractivity contribution in [1.82, 2.24) is 4.98 Å². The van der Waals surface area contributed by atoms with Crippen molar-refractivity contribution < 1.29 is 9.53 Å². The summed E-state index contributed by atoms with van der Waals surface area (Å²) in [5.41, 5.74) is 5.40. The fraction of sp³-hybridized carbons (Fsp3) is 0.136. The van der Waals surface area contributed by atoms with Crippen LogP contribution in [0.25, 0.3) is 21.8 Å². The number of hydrogen-bond donors (Lipinski definition) is 1. The van der Waals surface area contributed by atoms with Crippen LogP contribution in [0, 0.1) is 13.8 Å². The highest BCUT2D eigenvalue weighted by Gasteiger charge is 2.18. The first-order valence-electron chi connectivity index (χ1n) is 8.39. The summed E-state index contributed by atoms with van der Waals surface area (Å²) >= 11 is 6.13. The lowest BCUT2D eigenvalue weighted by Gasteiger charge is -2.10. The summed E-state index contributed by atoms with van der Waals surface area (Å²) < 4.78 is 5.18. The Morgan fingerprint density at radius 1 is 1.04 bits per heavy atom. The van der Waals surface area contributed by atoms with Gasteiger partial charge in [-0.15, -0.1) is 0 Å². The number of aryl methyl sites for hydroxylation is 2. The molecule has 0 amide bonds. The Labute approximate surface area is 156 Å². The summed E-state index contributed by atoms with van der Waals surface area (Å²) in [7, 11) is 1.61. The van der Waals surface area contributed by atoms with E-state index in [9.17, 15) is 4.79 Å². The van der Waals surface area contributed by atoms with Gasteiger partial charge in [-0.2, -0.15) is 0 Å². The van der Waals surface area contributed by atoms with Crippen molar-refractivity contribution in [2.45, 2.75) is 13.8 Å². The molecule has 0 aliphatic carbocycles. The van der Waals surface area contributed by atoms with Crippen molar-refractivity contribution in [3.05, 3.63) is 75.8 Å². The number of hydrogen-bond acceptors (Lipinski definition) is 2. The highest BCUT2D eigenvalue weighted by atomic mass is 35.5. The second kappa shape index (κ2) is 6.19. The average Bonchev–Trinajstić information content (AvgIpc) is 3.03. The number of methoxy groups -OCH3 is 1. The minimum atomic E-state index is 0.0125. The van der Waals surface area contributed by atoms with Crippen LogP contribution in [-0.4, -0.2) is 17.9 Å². The van der Waals surface area contributed by atoms with Gasteiger partial charge in [0.25, 0.3) is 0 Å². The van der Waals surface area contributed by atoms with Gasteiger partial charge in [-0.25, -0.2) is 0 Å². The number of aromatic amines is 1. The molecule has 1 aromatic heterocycles. The summed E-state index contributed by atoms with van der Waals surface area (Å²) in [5, 5.41) is 2.84. The van der Waals surface area contributed by atoms with Gasteiger partial charge in [0, 0.05) is 38.0 Å². The van der Waals surface area contributed by atoms with Gasteiger partial charge in [-0.1, -0.05) is 17.7 Å². The van der Waals surface area contributed by atoms with Gasteiger partial charge >= 0.3 is 0 Å². The van der Waals surface area contributed by atoms with Crippen LogP contribution in [0.3, 0.4) is 0 Å². The maximum atomic E-state index is 13.1. The zero-order valence-electron chi connectivity index (χ0n) is 14.8. The van der Waals surface area contributed by atoms with E-state index in [1.165, 1.54) is 0 Å². The lowest BCUT2D eigenvalue weighted by Crippen LogP contribution is -2.05. The van der Waals surface area contributed by atoms with E-state index in [-0.39, 0.29) is 5.78 Å². The van der Waals surface area contributed by atoms with Gasteiger partial charge in [0.1, 0.15) is 5.75 Å². The number of halogens is 1. The molecule has 3 nitrogen and oxygen atoms in total. The molecule has 0 bridgehead atoms. The number of aromatic nitrogens is 1. The fourth-order valence-electron chi connectivity index (χ4n) is 3.52. The summed E-state index contributed by atoms with van der Waals surface area (Å²) in [5.74, 6) is 0.747. The molecule has 0 aliphatic heterocycles. The zero-order chi connectivity index (χ0) is 18.4. The average molecular weight is 364 g/mol. The van der Waals surface area contributed by atoms with Crippen LogP contribution >= 0.6 is 11.6 Å². The normalized spacial score (nSPS) is 11.2. The maximum absolute atomic E-state index is 13.1. The fourth-order valence-corrected chi connectivity index (χ4v) is 3.69. The number of carbonyl (C=O) groups excluding carboxylic acids is 1. The highest BCUT2D eigenvalue weighted by molar-refractivity contribution is 6.31. The Kier molecular flexibility index (Phi) is 3.97. The number of ketones is 1. The van der Waals surface area contributed by atoms with Crippen molar-refractivity contribution in [3.8, 4) is 5.75 Å². The number of benzene rings is 3. The molecule has 0 spiro atoms. The maximum Gasteiger partial charge on any atom is 0.193 e. The second-order valence-corrected chi connectivity index (χ2v) is 6.92. The van der Waals surface area contributed by atoms with Crippen LogP contribution in [0.1, 0.15) is 27.0 Å². The third kappa shape index (κ3) is 2.56. The van der Waals surface area contributed by atoms with Crippen LogP contribution in [0.5, 0.6) is 5.75 Å². The molecule has 0 saturated heterocycles. The summed E-state index contributed by atoms with van der Waals surface area (Å²) in [4.78, 5) is 16.5. The molecule has 26 heavy (non-hydrogen) atoms. The molecule has 1 N–H and O–H groups in total. The predicted molar refractivity (Wildman–Crippen MR) is 107 cm³/mol. The van der Waals surface area contributed by atoms with Crippen LogP contribution in [0.4, 0.5) is 0 Å². The van der Waals surface area contributed by atoms with Gasteiger partial charge in [0.05, 0.1) is 7.11 Å². The standard InChI is InChI=1S/C22H18ClNO2/c1-12-10-18(22(25)14-4-7-16(26-3)8-5-14)13(2)20-17-9-6-15(23)11-19(17)24-21(12)20/h4-11,24H,1-3H3. The Morgan fingerprint density at radius 3 is 2.46 bits per heavy atom. The molecule has 4 aromatic rings. The van der Waals surface area contributed by atoms with Crippen molar-refractivity contribution in [1.29, 1.82) is 0 Å². The molecule has 0 fully saturated rings. The topological polar surface area (TPSA) is 42.1 Å². The molecular weight excluding hydrogens is 346 g/mol. The quantitative estimate of drug-likeness (QED) is 0.465. The molecular formula is C22H18ClNO2. The van der Waals surface area contributed by atoms with Crippen LogP contribution in [0.2, 0.25) is 5.02 Å². The molecule has 4 rings (SSSR count). The lowest BCUT2D eigenvalue weighted by atomic mass is 9.93. The SMILES string of the molecule is COc1ccc(C(=O)c2cc(C)c3[nH]c4cc(Cl)ccc4c3c2C)cc1. The number of carbonyl (C=O) groups is 1. The van der Waals surface area contributed by atoms with E-state index >= 15 is 0 Å². The van der Waals surface area contributed by atoms with Gasteiger partial charge in [-0.3, -0.25) is 4.79 Å². The molecule has 0 saturated carbocycles. The largest absolute Gasteiger partial charge is 0.497 e. The number of ether oxygens (including phenoxy) is 1. The molecule has 1 heterocycles. The number of H-pyrrole nitrogens is 1. The first kappa shape index (κ1) is 16.7. The number of nitrogens with one attached hydrogen (secondary N) is 1. The van der Waals surface area contributed by atoms with E-state index in [0.717, 1.165) is 44.2 Å². The van der Waals surface area contributed by atoms with Crippen molar-refractivity contribution in [2.24, 2.45) is 0 Å². The minimum absolute atomic E-state index is 0.0125. The highest BCUT2D eigenvalue weighted by Crippen LogP contribution is 2.34. The third-order valence-electron chi connectivity index (χ3n) is 4.89. The smallest absolute Gasteiger partial charge is 0.193 e. The molecule has 0 atom stereocenters. The van der Waals surface area contributed by atoms with E-state index in [2.05, 4.69) is 4.98 Å². The first-order chi connectivity index (χ1) is 12.5. The molecule has 130 valence electrons. The third-order valence-corrected chi connectivity index (χ3v) is 5.13. The van der Waals surface area contributed by atoms with E-state index in [4.69, 9.17) is 16.3 Å². The molecule has 0 aliphatic rings. The number of fused-ring (bicyclic) bond motifs is 3. The lowest BCUT2D eigenvalue weighted by molar-refractivity contribution is 0.103. The Balaban J connectivity index is 1.93. The van der Waals surface area contributed by atoms with Crippen LogP contribution < -0.4 is 4.74 Å². The summed E-state index contributed by atoms with van der Waals surface area (Å²) in [6.45, 7) is 4.02. The number of rotatable bonds is 3. The van der Waals surface area contributed by atoms with Gasteiger partial charge in [0.2, 0.25) is 0 Å². The van der Waals surface area contributed by atoms with Crippen molar-refractivity contribution in [2.75, 3.05) is 7.11 Å². The minimum Gasteiger partial charge on any atom is -0.497 e. The molecule has 0 radical (unpaired) electrons. The van der Waals surface area contributed by atoms with Crippen molar-refractivity contribution >= 4 is 39.2 Å². The van der Waals surface area contributed by atoms with E-state index in [1.54, 1.807) is 19.2 Å². The Bertz CT molecular complexity index is 1160. The Hall–Kier alpha value is -2.78. The molecule has 0 unspecified atom stereocenters. The Morgan fingerprint density at radius 2 is 1.77 bits per heavy atom. The zero-order valence-corrected chi connectivity index (χ0v) is 15.6. The first-order valence-corrected chi connectivity index (χ1v) is 8.77. The monoisotopic (exact) mass is 363 g/mol. The van der Waals surface area contributed by atoms with Gasteiger partial charge in [-0.05, 0) is 67.4 Å². The predicted octanol–water partition coefficient (Wildman–Crippen LogP) is 5.83. The van der Waals surface area contributed by atoms with E-state index in [0.29, 0.717) is 10.6 Å². The van der Waals surface area contributed by atoms with Crippen LogP contribution in [0.15, 0.2) is 48.5 Å². The van der Waals surface area contributed by atoms with Gasteiger partial charge in [0.15, 0.2) is 5.78 Å². The summed E-state index contributed by atoms with van der Waals surface area (Å²) in [6, 6.07) is 15.0.